The molecule has 0 unspecified atom stereocenters. The second kappa shape index (κ2) is 5.49. The van der Waals surface area contributed by atoms with E-state index in [2.05, 4.69) is 13.4 Å². The minimum Gasteiger partial charge on any atom is -0.395 e. The van der Waals surface area contributed by atoms with E-state index in [4.69, 9.17) is 0 Å². The van der Waals surface area contributed by atoms with Gasteiger partial charge in [-0.2, -0.15) is 8.73 Å². The molecule has 1 aromatic rings. The van der Waals surface area contributed by atoms with Crippen LogP contribution in [-0.2, 0) is 21.4 Å². The quantitative estimate of drug-likeness (QED) is 0.880. The fraction of sp³-hybridized carbons (Fsp3) is 0.455. The summed E-state index contributed by atoms with van der Waals surface area (Å²) in [6, 6.07) is 4.30. The summed E-state index contributed by atoms with van der Waals surface area (Å²) in [5, 5.41) is 9.23. The molecule has 1 aliphatic heterocycles. The third-order valence-electron chi connectivity index (χ3n) is 2.85. The van der Waals surface area contributed by atoms with Crippen molar-refractivity contribution >= 4 is 32.8 Å². The number of sulfonamides is 1. The predicted octanol–water partition coefficient (Wildman–Crippen LogP) is 1.71. The number of aliphatic hydroxyl groups excluding tert-OH is 1. The molecule has 0 bridgehead atoms. The second-order valence-corrected chi connectivity index (χ2v) is 6.75. The maximum atomic E-state index is 12.3. The van der Waals surface area contributed by atoms with Crippen molar-refractivity contribution in [3.05, 3.63) is 18.2 Å². The normalized spacial score (nSPS) is 15.4. The summed E-state index contributed by atoms with van der Waals surface area (Å²) >= 11 is 0.972. The summed E-state index contributed by atoms with van der Waals surface area (Å²) in [4.78, 5) is 0.0952. The molecule has 1 aromatic carbocycles. The van der Waals surface area contributed by atoms with Crippen molar-refractivity contribution < 1.29 is 13.5 Å². The first kappa shape index (κ1) is 14.3. The number of benzene rings is 1. The Balaban J connectivity index is 2.36. The Hall–Kier alpha value is -1.09. The molecule has 19 heavy (non-hydrogen) atoms. The average Bonchev–Trinajstić information content (AvgIpc) is 2.83. The molecule has 2 N–H and O–H groups in total. The SMILES string of the molecule is CC(C)[C@@H](CO)NS(=O)(=O)c1cccc2c1N=S=N2. The van der Waals surface area contributed by atoms with Crippen LogP contribution in [0.1, 0.15) is 13.8 Å². The zero-order valence-electron chi connectivity index (χ0n) is 10.6. The van der Waals surface area contributed by atoms with Crippen molar-refractivity contribution in [2.75, 3.05) is 6.61 Å². The fourth-order valence-corrected chi connectivity index (χ4v) is 3.79. The zero-order chi connectivity index (χ0) is 14.0. The standard InChI is InChI=1S/C11H15N3O3S2/c1-7(2)9(6-15)14-19(16,17)10-5-3-4-8-11(10)13-18-12-8/h3-5,7,9,14-15H,6H2,1-2H3/t9-/m1/s1. The van der Waals surface area contributed by atoms with Crippen molar-refractivity contribution in [2.24, 2.45) is 14.6 Å². The minimum absolute atomic E-state index is 0.00691. The van der Waals surface area contributed by atoms with E-state index >= 15 is 0 Å². The molecule has 0 saturated carbocycles. The first-order valence-electron chi connectivity index (χ1n) is 5.80. The molecule has 0 saturated heterocycles. The van der Waals surface area contributed by atoms with Crippen LogP contribution in [0.15, 0.2) is 31.8 Å². The van der Waals surface area contributed by atoms with Gasteiger partial charge in [-0.05, 0) is 18.1 Å². The molecular formula is C11H15N3O3S2. The number of fused-ring (bicyclic) bond motifs is 1. The Morgan fingerprint density at radius 3 is 2.74 bits per heavy atom. The Morgan fingerprint density at radius 2 is 2.11 bits per heavy atom. The van der Waals surface area contributed by atoms with Gasteiger partial charge in [0.1, 0.15) is 16.3 Å². The zero-order valence-corrected chi connectivity index (χ0v) is 12.2. The largest absolute Gasteiger partial charge is 0.395 e. The van der Waals surface area contributed by atoms with Crippen molar-refractivity contribution in [1.82, 2.24) is 4.72 Å². The molecule has 104 valence electrons. The lowest BCUT2D eigenvalue weighted by Gasteiger charge is -2.20. The Kier molecular flexibility index (Phi) is 4.14. The van der Waals surface area contributed by atoms with Gasteiger partial charge in [-0.1, -0.05) is 19.9 Å². The van der Waals surface area contributed by atoms with Crippen LogP contribution >= 0.6 is 0 Å². The topological polar surface area (TPSA) is 91.1 Å². The summed E-state index contributed by atoms with van der Waals surface area (Å²) in [6.45, 7) is 3.44. The third-order valence-corrected chi connectivity index (χ3v) is 4.91. The summed E-state index contributed by atoms with van der Waals surface area (Å²) in [5.74, 6) is -0.00691. The van der Waals surface area contributed by atoms with Gasteiger partial charge in [0.15, 0.2) is 0 Å². The van der Waals surface area contributed by atoms with E-state index in [9.17, 15) is 13.5 Å². The van der Waals surface area contributed by atoms with Crippen LogP contribution in [0.25, 0.3) is 0 Å². The lowest BCUT2D eigenvalue weighted by atomic mass is 10.1. The molecule has 1 heterocycles. The van der Waals surface area contributed by atoms with Gasteiger partial charge in [0.05, 0.1) is 18.0 Å². The predicted molar refractivity (Wildman–Crippen MR) is 74.0 cm³/mol. The Labute approximate surface area is 115 Å². The summed E-state index contributed by atoms with van der Waals surface area (Å²) in [7, 11) is -3.72. The van der Waals surface area contributed by atoms with Crippen LogP contribution in [0, 0.1) is 5.92 Å². The van der Waals surface area contributed by atoms with Crippen LogP contribution in [0.2, 0.25) is 0 Å². The highest BCUT2D eigenvalue weighted by Crippen LogP contribution is 2.37. The first-order chi connectivity index (χ1) is 8.95. The lowest BCUT2D eigenvalue weighted by Crippen LogP contribution is -2.41. The van der Waals surface area contributed by atoms with Gasteiger partial charge in [-0.15, -0.1) is 0 Å². The molecule has 1 atom stereocenters. The van der Waals surface area contributed by atoms with Gasteiger partial charge in [-0.3, -0.25) is 0 Å². The Morgan fingerprint density at radius 1 is 1.37 bits per heavy atom. The maximum Gasteiger partial charge on any atom is 0.243 e. The van der Waals surface area contributed by atoms with Gasteiger partial charge in [0.25, 0.3) is 0 Å². The molecule has 2 rings (SSSR count). The van der Waals surface area contributed by atoms with Gasteiger partial charge in [-0.25, -0.2) is 13.1 Å². The molecule has 0 spiro atoms. The van der Waals surface area contributed by atoms with Crippen molar-refractivity contribution in [1.29, 1.82) is 0 Å². The molecule has 8 heteroatoms. The number of hydrogen-bond acceptors (Lipinski definition) is 5. The van der Waals surface area contributed by atoms with Crippen LogP contribution in [0.4, 0.5) is 11.4 Å². The van der Waals surface area contributed by atoms with E-state index in [1.807, 2.05) is 13.8 Å². The molecule has 0 fully saturated rings. The maximum absolute atomic E-state index is 12.3. The number of aliphatic hydroxyl groups is 1. The molecule has 0 amide bonds. The molecule has 0 radical (unpaired) electrons. The van der Waals surface area contributed by atoms with Crippen LogP contribution < -0.4 is 4.72 Å². The third kappa shape index (κ3) is 2.92. The van der Waals surface area contributed by atoms with Crippen LogP contribution in [-0.4, -0.2) is 26.2 Å². The van der Waals surface area contributed by atoms with Crippen molar-refractivity contribution in [3.63, 3.8) is 0 Å². The number of rotatable bonds is 5. The average molecular weight is 301 g/mol. The second-order valence-electron chi connectivity index (χ2n) is 4.54. The lowest BCUT2D eigenvalue weighted by molar-refractivity contribution is 0.227. The number of nitrogens with one attached hydrogen (secondary N) is 1. The summed E-state index contributed by atoms with van der Waals surface area (Å²) < 4.78 is 35.2. The number of nitrogens with zero attached hydrogens (tertiary/aromatic N) is 2. The van der Waals surface area contributed by atoms with E-state index < -0.39 is 16.1 Å². The minimum atomic E-state index is -3.72. The Bertz CT molecular complexity index is 649. The smallest absolute Gasteiger partial charge is 0.243 e. The molecule has 6 nitrogen and oxygen atoms in total. The molecule has 0 aliphatic carbocycles. The highest BCUT2D eigenvalue weighted by molar-refractivity contribution is 7.89. The van der Waals surface area contributed by atoms with Crippen molar-refractivity contribution in [3.8, 4) is 0 Å². The first-order valence-corrected chi connectivity index (χ1v) is 8.01. The van der Waals surface area contributed by atoms with Gasteiger partial charge < -0.3 is 5.11 Å². The van der Waals surface area contributed by atoms with Crippen molar-refractivity contribution in [2.45, 2.75) is 24.8 Å². The highest BCUT2D eigenvalue weighted by Gasteiger charge is 2.26. The van der Waals surface area contributed by atoms with E-state index in [0.29, 0.717) is 11.4 Å². The van der Waals surface area contributed by atoms with Crippen LogP contribution in [0.3, 0.4) is 0 Å². The molecule has 1 aliphatic rings. The number of hydrogen-bond donors (Lipinski definition) is 2. The summed E-state index contributed by atoms with van der Waals surface area (Å²) in [5.41, 5.74) is 0.915. The van der Waals surface area contributed by atoms with Crippen LogP contribution in [0.5, 0.6) is 0 Å². The highest BCUT2D eigenvalue weighted by atomic mass is 32.2. The molecule has 0 aromatic heterocycles. The fourth-order valence-electron chi connectivity index (χ4n) is 1.65. The summed E-state index contributed by atoms with van der Waals surface area (Å²) in [6.07, 6.45) is 0. The molecular weight excluding hydrogens is 286 g/mol. The monoisotopic (exact) mass is 301 g/mol. The van der Waals surface area contributed by atoms with Gasteiger partial charge in [0, 0.05) is 6.04 Å². The van der Waals surface area contributed by atoms with E-state index in [-0.39, 0.29) is 17.4 Å². The van der Waals surface area contributed by atoms with E-state index in [0.717, 1.165) is 11.4 Å². The van der Waals surface area contributed by atoms with Gasteiger partial charge in [0.2, 0.25) is 10.0 Å². The van der Waals surface area contributed by atoms with Gasteiger partial charge >= 0.3 is 0 Å². The van der Waals surface area contributed by atoms with E-state index in [1.165, 1.54) is 6.07 Å². The van der Waals surface area contributed by atoms with E-state index in [1.54, 1.807) is 12.1 Å².